The highest BCUT2D eigenvalue weighted by molar-refractivity contribution is 9.10. The summed E-state index contributed by atoms with van der Waals surface area (Å²) in [6.07, 6.45) is 2.87. The monoisotopic (exact) mass is 342 g/mol. The first-order valence-electron chi connectivity index (χ1n) is 6.51. The molecule has 0 spiro atoms. The van der Waals surface area contributed by atoms with E-state index in [0.717, 1.165) is 22.9 Å². The van der Waals surface area contributed by atoms with E-state index >= 15 is 0 Å². The number of hydrogen-bond acceptors (Lipinski definition) is 3. The average molecular weight is 343 g/mol. The molecule has 1 amide bonds. The van der Waals surface area contributed by atoms with Gasteiger partial charge >= 0.3 is 6.09 Å². The van der Waals surface area contributed by atoms with Gasteiger partial charge in [0.2, 0.25) is 0 Å². The Bertz CT molecular complexity index is 597. The van der Waals surface area contributed by atoms with Gasteiger partial charge in [-0.3, -0.25) is 4.79 Å². The molecule has 1 saturated carbocycles. The molecule has 0 radical (unpaired) electrons. The number of rotatable bonds is 2. The third-order valence-corrected chi connectivity index (χ3v) is 3.82. The first-order valence-corrected chi connectivity index (χ1v) is 7.30. The van der Waals surface area contributed by atoms with Crippen molar-refractivity contribution in [2.24, 2.45) is 7.05 Å². The van der Waals surface area contributed by atoms with Crippen molar-refractivity contribution in [3.05, 3.63) is 32.7 Å². The Morgan fingerprint density at radius 2 is 2.05 bits per heavy atom. The van der Waals surface area contributed by atoms with Crippen LogP contribution in [0.4, 0.5) is 4.79 Å². The number of ether oxygens (including phenoxy) is 1. The van der Waals surface area contributed by atoms with Crippen molar-refractivity contribution in [2.45, 2.75) is 44.8 Å². The minimum Gasteiger partial charge on any atom is -0.444 e. The molecule has 1 aromatic heterocycles. The largest absolute Gasteiger partial charge is 0.444 e. The minimum absolute atomic E-state index is 0.0968. The van der Waals surface area contributed by atoms with Gasteiger partial charge in [0.05, 0.1) is 5.54 Å². The third-order valence-electron chi connectivity index (χ3n) is 3.19. The molecule has 0 aromatic carbocycles. The number of carbonyl (C=O) groups excluding carboxylic acids is 1. The van der Waals surface area contributed by atoms with E-state index in [1.165, 1.54) is 4.57 Å². The lowest BCUT2D eigenvalue weighted by atomic mass is 10.1. The second-order valence-corrected chi connectivity index (χ2v) is 7.05. The molecule has 0 saturated heterocycles. The lowest BCUT2D eigenvalue weighted by molar-refractivity contribution is 0.0495. The molecule has 1 N–H and O–H groups in total. The van der Waals surface area contributed by atoms with Crippen molar-refractivity contribution in [2.75, 3.05) is 0 Å². The highest BCUT2D eigenvalue weighted by Gasteiger charge is 2.48. The second-order valence-electron chi connectivity index (χ2n) is 6.19. The predicted octanol–water partition coefficient (Wildman–Crippen LogP) is 2.66. The molecule has 1 fully saturated rings. The standard InChI is InChI=1S/C14H19BrN2O3/c1-13(2,3)20-12(19)16-14(5-6-14)9-7-11(18)17(4)8-10(9)15/h7-8H,5-6H2,1-4H3,(H,16,19). The van der Waals surface area contributed by atoms with Crippen LogP contribution >= 0.6 is 15.9 Å². The minimum atomic E-state index is -0.537. The van der Waals surface area contributed by atoms with Gasteiger partial charge in [0.25, 0.3) is 5.56 Å². The summed E-state index contributed by atoms with van der Waals surface area (Å²) in [7, 11) is 1.69. The quantitative estimate of drug-likeness (QED) is 0.898. The van der Waals surface area contributed by atoms with Crippen LogP contribution in [0.3, 0.4) is 0 Å². The molecule has 0 atom stereocenters. The van der Waals surface area contributed by atoms with Crippen molar-refractivity contribution in [3.63, 3.8) is 0 Å². The Kier molecular flexibility index (Phi) is 3.71. The molecule has 0 aliphatic heterocycles. The van der Waals surface area contributed by atoms with Crippen LogP contribution in [0.25, 0.3) is 0 Å². The first kappa shape index (κ1) is 15.1. The second kappa shape index (κ2) is 4.91. The third kappa shape index (κ3) is 3.23. The topological polar surface area (TPSA) is 60.3 Å². The Balaban J connectivity index is 2.22. The van der Waals surface area contributed by atoms with Crippen molar-refractivity contribution in [1.82, 2.24) is 9.88 Å². The van der Waals surface area contributed by atoms with Crippen LogP contribution < -0.4 is 10.9 Å². The number of nitrogens with one attached hydrogen (secondary N) is 1. The van der Waals surface area contributed by atoms with E-state index < -0.39 is 17.2 Å². The summed E-state index contributed by atoms with van der Waals surface area (Å²) in [4.78, 5) is 23.7. The number of amides is 1. The molecule has 110 valence electrons. The molecule has 1 aliphatic carbocycles. The van der Waals surface area contributed by atoms with Crippen LogP contribution in [0.15, 0.2) is 21.5 Å². The molecule has 6 heteroatoms. The molecule has 1 aliphatic rings. The maximum Gasteiger partial charge on any atom is 0.408 e. The number of carbonyl (C=O) groups is 1. The number of alkyl carbamates (subject to hydrolysis) is 1. The maximum absolute atomic E-state index is 11.9. The van der Waals surface area contributed by atoms with Crippen molar-refractivity contribution in [1.29, 1.82) is 0 Å². The van der Waals surface area contributed by atoms with Gasteiger partial charge in [0.15, 0.2) is 0 Å². The molecular formula is C14H19BrN2O3. The van der Waals surface area contributed by atoms with Gasteiger partial charge in [-0.15, -0.1) is 0 Å². The van der Waals surface area contributed by atoms with Crippen LogP contribution in [0.5, 0.6) is 0 Å². The summed E-state index contributed by atoms with van der Waals surface area (Å²) in [5.74, 6) is 0. The maximum atomic E-state index is 11.9. The number of nitrogens with zero attached hydrogens (tertiary/aromatic N) is 1. The van der Waals surface area contributed by atoms with E-state index in [4.69, 9.17) is 4.74 Å². The molecule has 2 rings (SSSR count). The van der Waals surface area contributed by atoms with Crippen LogP contribution in [0.1, 0.15) is 39.2 Å². The summed E-state index contributed by atoms with van der Waals surface area (Å²) in [5, 5.41) is 2.89. The molecular weight excluding hydrogens is 324 g/mol. The Hall–Kier alpha value is -1.30. The Labute approximate surface area is 126 Å². The fourth-order valence-electron chi connectivity index (χ4n) is 2.05. The normalized spacial score (nSPS) is 16.6. The summed E-state index contributed by atoms with van der Waals surface area (Å²) in [5.41, 5.74) is -0.300. The van der Waals surface area contributed by atoms with Crippen molar-refractivity contribution < 1.29 is 9.53 Å². The molecule has 20 heavy (non-hydrogen) atoms. The summed E-state index contributed by atoms with van der Waals surface area (Å²) in [6.45, 7) is 5.46. The smallest absolute Gasteiger partial charge is 0.408 e. The molecule has 0 bridgehead atoms. The number of pyridine rings is 1. The fourth-order valence-corrected chi connectivity index (χ4v) is 2.85. The zero-order valence-electron chi connectivity index (χ0n) is 12.1. The van der Waals surface area contributed by atoms with Gasteiger partial charge in [-0.25, -0.2) is 4.79 Å². The van der Waals surface area contributed by atoms with Crippen LogP contribution in [0, 0.1) is 0 Å². The van der Waals surface area contributed by atoms with Crippen molar-refractivity contribution >= 4 is 22.0 Å². The SMILES string of the molecule is Cn1cc(Br)c(C2(NC(=O)OC(C)(C)C)CC2)cc1=O. The van der Waals surface area contributed by atoms with Crippen LogP contribution in [-0.2, 0) is 17.3 Å². The average Bonchev–Trinajstić information content (AvgIpc) is 3.01. The Morgan fingerprint density at radius 1 is 1.45 bits per heavy atom. The predicted molar refractivity (Wildman–Crippen MR) is 79.7 cm³/mol. The lowest BCUT2D eigenvalue weighted by Gasteiger charge is -2.24. The number of aryl methyl sites for hydroxylation is 1. The number of aromatic nitrogens is 1. The van der Waals surface area contributed by atoms with Gasteiger partial charge in [0.1, 0.15) is 5.60 Å². The van der Waals surface area contributed by atoms with Crippen molar-refractivity contribution in [3.8, 4) is 0 Å². The van der Waals surface area contributed by atoms with Gasteiger partial charge in [0, 0.05) is 23.8 Å². The van der Waals surface area contributed by atoms with Gasteiger partial charge in [-0.05, 0) is 55.1 Å². The van der Waals surface area contributed by atoms with Gasteiger partial charge in [-0.2, -0.15) is 0 Å². The van der Waals surface area contributed by atoms with E-state index in [1.54, 1.807) is 19.3 Å². The van der Waals surface area contributed by atoms with E-state index in [1.807, 2.05) is 20.8 Å². The number of halogens is 1. The van der Waals surface area contributed by atoms with E-state index in [-0.39, 0.29) is 5.56 Å². The zero-order valence-corrected chi connectivity index (χ0v) is 13.7. The van der Waals surface area contributed by atoms with Gasteiger partial charge < -0.3 is 14.6 Å². The first-order chi connectivity index (χ1) is 9.13. The van der Waals surface area contributed by atoms with Gasteiger partial charge in [-0.1, -0.05) is 0 Å². The highest BCUT2D eigenvalue weighted by Crippen LogP contribution is 2.47. The van der Waals surface area contributed by atoms with E-state index in [9.17, 15) is 9.59 Å². The Morgan fingerprint density at radius 3 is 2.55 bits per heavy atom. The van der Waals surface area contributed by atoms with E-state index in [0.29, 0.717) is 0 Å². The fraction of sp³-hybridized carbons (Fsp3) is 0.571. The van der Waals surface area contributed by atoms with Crippen LogP contribution in [-0.4, -0.2) is 16.3 Å². The molecule has 1 heterocycles. The summed E-state index contributed by atoms with van der Waals surface area (Å²) >= 11 is 3.46. The lowest BCUT2D eigenvalue weighted by Crippen LogP contribution is -2.40. The van der Waals surface area contributed by atoms with Crippen LogP contribution in [0.2, 0.25) is 0 Å². The molecule has 5 nitrogen and oxygen atoms in total. The highest BCUT2D eigenvalue weighted by atomic mass is 79.9. The van der Waals surface area contributed by atoms with E-state index in [2.05, 4.69) is 21.2 Å². The zero-order chi connectivity index (χ0) is 15.1. The number of hydrogen-bond donors (Lipinski definition) is 1. The summed E-state index contributed by atoms with van der Waals surface area (Å²) < 4.78 is 7.59. The molecule has 1 aromatic rings. The summed E-state index contributed by atoms with van der Waals surface area (Å²) in [6, 6.07) is 1.56. The molecule has 0 unspecified atom stereocenters.